The van der Waals surface area contributed by atoms with Crippen LogP contribution in [0.5, 0.6) is 0 Å². The summed E-state index contributed by atoms with van der Waals surface area (Å²) in [5.41, 5.74) is 3.41. The highest BCUT2D eigenvalue weighted by Crippen LogP contribution is 2.27. The van der Waals surface area contributed by atoms with Crippen molar-refractivity contribution in [2.75, 3.05) is 0 Å². The van der Waals surface area contributed by atoms with Crippen molar-refractivity contribution in [3.05, 3.63) is 83.8 Å². The van der Waals surface area contributed by atoms with Gasteiger partial charge in [0.15, 0.2) is 17.3 Å². The maximum Gasteiger partial charge on any atom is 0.181 e. The third-order valence-corrected chi connectivity index (χ3v) is 4.89. The van der Waals surface area contributed by atoms with Crippen molar-refractivity contribution in [1.29, 1.82) is 0 Å². The van der Waals surface area contributed by atoms with Crippen LogP contribution in [-0.4, -0.2) is 35.1 Å². The molecule has 5 rings (SSSR count). The molecule has 0 fully saturated rings. The van der Waals surface area contributed by atoms with Gasteiger partial charge in [0.2, 0.25) is 0 Å². The van der Waals surface area contributed by atoms with Crippen molar-refractivity contribution < 1.29 is 9.50 Å². The Balaban J connectivity index is 1.55. The molecule has 0 radical (unpaired) electrons. The standard InChI is InChI=1S/C22H17FN6O/c23-18-6-2-1-4-16(18)12-29-22-17(5-3-11-24-22)19(28-29)21-25-20(26-27-21)15-9-7-14(13-30)8-10-15/h1-11,30H,12-13H2,(H,25,26,27). The highest BCUT2D eigenvalue weighted by atomic mass is 19.1. The van der Waals surface area contributed by atoms with E-state index in [9.17, 15) is 9.50 Å². The van der Waals surface area contributed by atoms with Crippen LogP contribution in [0.15, 0.2) is 66.9 Å². The number of aromatic amines is 1. The van der Waals surface area contributed by atoms with Crippen LogP contribution in [0.1, 0.15) is 11.1 Å². The molecule has 3 aromatic heterocycles. The number of hydrogen-bond acceptors (Lipinski definition) is 5. The maximum atomic E-state index is 14.1. The van der Waals surface area contributed by atoms with Gasteiger partial charge >= 0.3 is 0 Å². The van der Waals surface area contributed by atoms with Crippen LogP contribution in [0.2, 0.25) is 0 Å². The molecule has 5 aromatic rings. The lowest BCUT2D eigenvalue weighted by molar-refractivity contribution is 0.282. The molecule has 2 N–H and O–H groups in total. The molecule has 7 nitrogen and oxygen atoms in total. The van der Waals surface area contributed by atoms with Gasteiger partial charge in [-0.05, 0) is 23.8 Å². The quantitative estimate of drug-likeness (QED) is 0.471. The van der Waals surface area contributed by atoms with E-state index >= 15 is 0 Å². The first-order chi connectivity index (χ1) is 14.7. The van der Waals surface area contributed by atoms with Crippen molar-refractivity contribution >= 4 is 11.0 Å². The molecule has 0 aliphatic rings. The molecule has 0 amide bonds. The second-order valence-electron chi connectivity index (χ2n) is 6.83. The normalized spacial score (nSPS) is 11.3. The topological polar surface area (TPSA) is 92.5 Å². The summed E-state index contributed by atoms with van der Waals surface area (Å²) in [6.07, 6.45) is 1.68. The summed E-state index contributed by atoms with van der Waals surface area (Å²) in [7, 11) is 0. The maximum absolute atomic E-state index is 14.1. The molecule has 0 saturated carbocycles. The van der Waals surface area contributed by atoms with Gasteiger partial charge in [-0.2, -0.15) is 10.2 Å². The molecule has 0 atom stereocenters. The Morgan fingerprint density at radius 2 is 1.83 bits per heavy atom. The summed E-state index contributed by atoms with van der Waals surface area (Å²) in [6.45, 7) is 0.238. The second kappa shape index (κ2) is 7.49. The van der Waals surface area contributed by atoms with Crippen LogP contribution < -0.4 is 0 Å². The van der Waals surface area contributed by atoms with E-state index < -0.39 is 0 Å². The summed E-state index contributed by atoms with van der Waals surface area (Å²) in [5, 5.41) is 21.9. The molecular formula is C22H17FN6O. The molecule has 0 unspecified atom stereocenters. The van der Waals surface area contributed by atoms with Gasteiger partial charge in [0.1, 0.15) is 11.5 Å². The minimum absolute atomic E-state index is 0.0159. The van der Waals surface area contributed by atoms with E-state index in [-0.39, 0.29) is 19.0 Å². The predicted octanol–water partition coefficient (Wildman–Crippen LogP) is 3.56. The van der Waals surface area contributed by atoms with Gasteiger partial charge in [0.25, 0.3) is 0 Å². The Bertz CT molecular complexity index is 1330. The van der Waals surface area contributed by atoms with E-state index in [0.717, 1.165) is 16.5 Å². The number of halogens is 1. The molecule has 3 heterocycles. The SMILES string of the molecule is OCc1ccc(-c2n[nH]c(-c3nn(Cc4ccccc4F)c4ncccc34)n2)cc1. The van der Waals surface area contributed by atoms with Crippen LogP contribution in [0.4, 0.5) is 4.39 Å². The lowest BCUT2D eigenvalue weighted by atomic mass is 10.1. The number of fused-ring (bicyclic) bond motifs is 1. The zero-order valence-corrected chi connectivity index (χ0v) is 15.8. The van der Waals surface area contributed by atoms with Crippen molar-refractivity contribution in [2.45, 2.75) is 13.2 Å². The predicted molar refractivity (Wildman–Crippen MR) is 110 cm³/mol. The Labute approximate surface area is 170 Å². The first kappa shape index (κ1) is 18.1. The fraction of sp³-hybridized carbons (Fsp3) is 0.0909. The number of aliphatic hydroxyl groups is 1. The van der Waals surface area contributed by atoms with Gasteiger partial charge < -0.3 is 5.11 Å². The van der Waals surface area contributed by atoms with E-state index in [2.05, 4.69) is 25.3 Å². The summed E-state index contributed by atoms with van der Waals surface area (Å²) in [6, 6.07) is 17.7. The third-order valence-electron chi connectivity index (χ3n) is 4.89. The van der Waals surface area contributed by atoms with Gasteiger partial charge in [-0.3, -0.25) is 5.10 Å². The molecule has 148 valence electrons. The second-order valence-corrected chi connectivity index (χ2v) is 6.83. The first-order valence-corrected chi connectivity index (χ1v) is 9.41. The van der Waals surface area contributed by atoms with Crippen molar-refractivity contribution in [3.63, 3.8) is 0 Å². The Kier molecular flexibility index (Phi) is 4.53. The zero-order valence-electron chi connectivity index (χ0n) is 15.8. The molecular weight excluding hydrogens is 383 g/mol. The van der Waals surface area contributed by atoms with E-state index in [1.54, 1.807) is 29.1 Å². The number of hydrogen-bond donors (Lipinski definition) is 2. The highest BCUT2D eigenvalue weighted by Gasteiger charge is 2.18. The average molecular weight is 400 g/mol. The molecule has 0 bridgehead atoms. The molecule has 0 aliphatic heterocycles. The minimum Gasteiger partial charge on any atom is -0.392 e. The monoisotopic (exact) mass is 400 g/mol. The molecule has 0 aliphatic carbocycles. The van der Waals surface area contributed by atoms with Gasteiger partial charge in [0, 0.05) is 17.3 Å². The number of rotatable bonds is 5. The Morgan fingerprint density at radius 3 is 2.63 bits per heavy atom. The zero-order chi connectivity index (χ0) is 20.5. The van der Waals surface area contributed by atoms with E-state index in [1.807, 2.05) is 36.4 Å². The number of benzene rings is 2. The van der Waals surface area contributed by atoms with Crippen molar-refractivity contribution in [1.82, 2.24) is 29.9 Å². The highest BCUT2D eigenvalue weighted by molar-refractivity contribution is 5.89. The Hall–Kier alpha value is -3.91. The molecule has 8 heteroatoms. The van der Waals surface area contributed by atoms with Crippen molar-refractivity contribution in [2.24, 2.45) is 0 Å². The van der Waals surface area contributed by atoms with Gasteiger partial charge in [0.05, 0.1) is 18.5 Å². The summed E-state index contributed by atoms with van der Waals surface area (Å²) < 4.78 is 15.8. The van der Waals surface area contributed by atoms with Gasteiger partial charge in [-0.25, -0.2) is 19.0 Å². The first-order valence-electron chi connectivity index (χ1n) is 9.41. The lowest BCUT2D eigenvalue weighted by Crippen LogP contribution is -2.04. The molecule has 0 spiro atoms. The van der Waals surface area contributed by atoms with E-state index in [4.69, 9.17) is 0 Å². The third kappa shape index (κ3) is 3.23. The number of aromatic nitrogens is 6. The number of H-pyrrole nitrogens is 1. The molecule has 2 aromatic carbocycles. The smallest absolute Gasteiger partial charge is 0.181 e. The summed E-state index contributed by atoms with van der Waals surface area (Å²) in [4.78, 5) is 9.02. The van der Waals surface area contributed by atoms with Crippen LogP contribution >= 0.6 is 0 Å². The fourth-order valence-corrected chi connectivity index (χ4v) is 3.34. The van der Waals surface area contributed by atoms with E-state index in [0.29, 0.717) is 28.6 Å². The fourth-order valence-electron chi connectivity index (χ4n) is 3.34. The van der Waals surface area contributed by atoms with Crippen LogP contribution in [0.3, 0.4) is 0 Å². The van der Waals surface area contributed by atoms with Crippen molar-refractivity contribution in [3.8, 4) is 22.9 Å². The summed E-state index contributed by atoms with van der Waals surface area (Å²) >= 11 is 0. The van der Waals surface area contributed by atoms with E-state index in [1.165, 1.54) is 6.07 Å². The summed E-state index contributed by atoms with van der Waals surface area (Å²) in [5.74, 6) is 0.739. The van der Waals surface area contributed by atoms with Gasteiger partial charge in [-0.15, -0.1) is 0 Å². The van der Waals surface area contributed by atoms with Crippen LogP contribution in [-0.2, 0) is 13.2 Å². The Morgan fingerprint density at radius 1 is 1.00 bits per heavy atom. The van der Waals surface area contributed by atoms with Crippen LogP contribution in [0, 0.1) is 5.82 Å². The van der Waals surface area contributed by atoms with Crippen LogP contribution in [0.25, 0.3) is 33.9 Å². The molecule has 30 heavy (non-hydrogen) atoms. The number of pyridine rings is 1. The molecule has 0 saturated heterocycles. The van der Waals surface area contributed by atoms with Gasteiger partial charge in [-0.1, -0.05) is 42.5 Å². The average Bonchev–Trinajstić information content (AvgIpc) is 3.41. The number of nitrogens with one attached hydrogen (secondary N) is 1. The number of nitrogens with zero attached hydrogens (tertiary/aromatic N) is 5. The lowest BCUT2D eigenvalue weighted by Gasteiger charge is -2.04. The number of aliphatic hydroxyl groups excluding tert-OH is 1. The largest absolute Gasteiger partial charge is 0.392 e. The minimum atomic E-state index is -0.285.